The van der Waals surface area contributed by atoms with Gasteiger partial charge < -0.3 is 16.0 Å². The van der Waals surface area contributed by atoms with E-state index in [-0.39, 0.29) is 29.4 Å². The number of rotatable bonds is 4. The number of benzene rings is 1. The van der Waals surface area contributed by atoms with Crippen molar-refractivity contribution in [3.8, 4) is 0 Å². The number of nitrogens with two attached hydrogens (primary N) is 1. The molecule has 2 saturated heterocycles. The minimum absolute atomic E-state index is 0.0696. The number of nitrogens with zero attached hydrogens (tertiary/aromatic N) is 4. The van der Waals surface area contributed by atoms with Gasteiger partial charge in [0.25, 0.3) is 5.91 Å². The summed E-state index contributed by atoms with van der Waals surface area (Å²) in [5.74, 6) is -1.86. The molecular weight excluding hydrogens is 423 g/mol. The summed E-state index contributed by atoms with van der Waals surface area (Å²) in [6.45, 7) is 2.71. The van der Waals surface area contributed by atoms with E-state index in [0.717, 1.165) is 18.4 Å². The van der Waals surface area contributed by atoms with Crippen molar-refractivity contribution in [2.24, 2.45) is 5.92 Å². The summed E-state index contributed by atoms with van der Waals surface area (Å²) in [6, 6.07) is 6.01. The molecule has 8 nitrogen and oxygen atoms in total. The molecule has 0 radical (unpaired) electrons. The molecule has 4 rings (SSSR count). The van der Waals surface area contributed by atoms with E-state index in [1.807, 2.05) is 19.1 Å². The van der Waals surface area contributed by atoms with Gasteiger partial charge in [0.1, 0.15) is 18.4 Å². The number of piperidine rings is 2. The number of hydrogen-bond acceptors (Lipinski definition) is 6. The summed E-state index contributed by atoms with van der Waals surface area (Å²) in [7, 11) is 0. The van der Waals surface area contributed by atoms with E-state index >= 15 is 0 Å². The fourth-order valence-corrected chi connectivity index (χ4v) is 4.50. The van der Waals surface area contributed by atoms with Crippen molar-refractivity contribution in [3.63, 3.8) is 0 Å². The fraction of sp³-hybridized carbons (Fsp3) is 0.429. The van der Waals surface area contributed by atoms with Gasteiger partial charge in [0.2, 0.25) is 11.7 Å². The summed E-state index contributed by atoms with van der Waals surface area (Å²) >= 11 is 6.05. The second-order valence-electron chi connectivity index (χ2n) is 7.98. The largest absolute Gasteiger partial charge is 0.381 e. The molecule has 164 valence electrons. The second-order valence-corrected chi connectivity index (χ2v) is 8.41. The summed E-state index contributed by atoms with van der Waals surface area (Å²) in [4.78, 5) is 37.1. The number of aromatic nitrogens is 2. The molecule has 2 fully saturated rings. The van der Waals surface area contributed by atoms with Gasteiger partial charge in [-0.3, -0.25) is 14.5 Å². The highest BCUT2D eigenvalue weighted by atomic mass is 35.5. The van der Waals surface area contributed by atoms with Crippen LogP contribution in [0.1, 0.15) is 26.2 Å². The van der Waals surface area contributed by atoms with Crippen molar-refractivity contribution >= 4 is 40.7 Å². The van der Waals surface area contributed by atoms with Gasteiger partial charge in [-0.25, -0.2) is 9.97 Å². The molecule has 2 aliphatic heterocycles. The molecule has 0 aliphatic carbocycles. The van der Waals surface area contributed by atoms with Crippen molar-refractivity contribution in [1.29, 1.82) is 0 Å². The van der Waals surface area contributed by atoms with Crippen molar-refractivity contribution in [2.45, 2.75) is 38.3 Å². The molecule has 1 aromatic carbocycles. The van der Waals surface area contributed by atoms with E-state index in [1.165, 1.54) is 4.90 Å². The minimum Gasteiger partial charge on any atom is -0.381 e. The Labute approximate surface area is 184 Å². The topological polar surface area (TPSA) is 104 Å². The van der Waals surface area contributed by atoms with Crippen molar-refractivity contribution < 1.29 is 14.0 Å². The molecule has 3 heterocycles. The van der Waals surface area contributed by atoms with Gasteiger partial charge in [-0.1, -0.05) is 24.6 Å². The van der Waals surface area contributed by atoms with E-state index in [9.17, 15) is 14.0 Å². The first-order valence-electron chi connectivity index (χ1n) is 10.3. The number of carbonyl (C=O) groups is 2. The number of nitrogens with one attached hydrogen (secondary N) is 1. The number of anilines is 3. The van der Waals surface area contributed by atoms with Crippen LogP contribution in [0, 0.1) is 11.7 Å². The molecule has 1 aromatic heterocycles. The summed E-state index contributed by atoms with van der Waals surface area (Å²) in [5.41, 5.74) is 6.30. The van der Waals surface area contributed by atoms with Crippen LogP contribution in [0.2, 0.25) is 5.02 Å². The molecule has 31 heavy (non-hydrogen) atoms. The first-order valence-corrected chi connectivity index (χ1v) is 10.6. The number of likely N-dealkylation sites (tertiary alicyclic amines) is 1. The molecule has 3 unspecified atom stereocenters. The number of amides is 2. The Morgan fingerprint density at radius 2 is 2.00 bits per heavy atom. The third-order valence-electron chi connectivity index (χ3n) is 5.89. The molecule has 2 aromatic rings. The Balaban J connectivity index is 1.57. The normalized spacial score (nSPS) is 24.4. The minimum atomic E-state index is -0.824. The first kappa shape index (κ1) is 21.3. The van der Waals surface area contributed by atoms with Gasteiger partial charge in [0.15, 0.2) is 11.6 Å². The summed E-state index contributed by atoms with van der Waals surface area (Å²) in [6.07, 6.45) is 3.13. The first-order chi connectivity index (χ1) is 14.9. The molecule has 3 atom stereocenters. The Hall–Kier alpha value is -2.94. The van der Waals surface area contributed by atoms with Gasteiger partial charge in [0, 0.05) is 23.8 Å². The maximum atomic E-state index is 14.5. The maximum Gasteiger partial charge on any atom is 0.251 e. The Morgan fingerprint density at radius 3 is 2.77 bits per heavy atom. The monoisotopic (exact) mass is 446 g/mol. The number of halogens is 2. The van der Waals surface area contributed by atoms with E-state index in [4.69, 9.17) is 17.3 Å². The zero-order valence-corrected chi connectivity index (χ0v) is 17.8. The predicted molar refractivity (Wildman–Crippen MR) is 116 cm³/mol. The van der Waals surface area contributed by atoms with Crippen LogP contribution in [0.4, 0.5) is 21.7 Å². The van der Waals surface area contributed by atoms with Gasteiger partial charge in [-0.05, 0) is 43.4 Å². The molecule has 0 bridgehead atoms. The van der Waals surface area contributed by atoms with E-state index in [2.05, 4.69) is 15.3 Å². The van der Waals surface area contributed by atoms with Crippen LogP contribution in [0.5, 0.6) is 0 Å². The third kappa shape index (κ3) is 4.14. The summed E-state index contributed by atoms with van der Waals surface area (Å²) in [5, 5.41) is 3.80. The number of hydrogen-bond donors (Lipinski definition) is 2. The smallest absolute Gasteiger partial charge is 0.251 e. The highest BCUT2D eigenvalue weighted by molar-refractivity contribution is 6.30. The fourth-order valence-electron chi connectivity index (χ4n) is 4.31. The second kappa shape index (κ2) is 8.66. The van der Waals surface area contributed by atoms with Crippen LogP contribution < -0.4 is 16.0 Å². The summed E-state index contributed by atoms with van der Waals surface area (Å²) < 4.78 is 14.5. The van der Waals surface area contributed by atoms with E-state index < -0.39 is 17.9 Å². The quantitative estimate of drug-likeness (QED) is 0.748. The van der Waals surface area contributed by atoms with Crippen LogP contribution in [-0.2, 0) is 9.59 Å². The molecule has 0 spiro atoms. The average molecular weight is 447 g/mol. The average Bonchev–Trinajstić information content (AvgIpc) is 2.73. The van der Waals surface area contributed by atoms with Crippen LogP contribution in [0.15, 0.2) is 30.6 Å². The molecular formula is C21H24ClFN6O2. The maximum absolute atomic E-state index is 14.5. The zero-order valence-electron chi connectivity index (χ0n) is 17.1. The van der Waals surface area contributed by atoms with Crippen LogP contribution >= 0.6 is 11.6 Å². The Bertz CT molecular complexity index is 1010. The number of carbonyl (C=O) groups excluding carboxylic acids is 2. The third-order valence-corrected chi connectivity index (χ3v) is 6.13. The van der Waals surface area contributed by atoms with Crippen molar-refractivity contribution in [3.05, 3.63) is 41.4 Å². The van der Waals surface area contributed by atoms with Gasteiger partial charge in [-0.2, -0.15) is 4.39 Å². The molecule has 3 N–H and O–H groups in total. The highest BCUT2D eigenvalue weighted by Crippen LogP contribution is 2.31. The Kier molecular flexibility index (Phi) is 5.95. The Morgan fingerprint density at radius 1 is 1.19 bits per heavy atom. The van der Waals surface area contributed by atoms with Gasteiger partial charge in [-0.15, -0.1) is 0 Å². The molecule has 0 saturated carbocycles. The lowest BCUT2D eigenvalue weighted by Crippen LogP contribution is -2.62. The lowest BCUT2D eigenvalue weighted by molar-refractivity contribution is -0.145. The zero-order chi connectivity index (χ0) is 22.1. The van der Waals surface area contributed by atoms with Crippen LogP contribution in [-0.4, -0.2) is 51.9 Å². The predicted octanol–water partition coefficient (Wildman–Crippen LogP) is 2.70. The van der Waals surface area contributed by atoms with Crippen LogP contribution in [0.3, 0.4) is 0 Å². The van der Waals surface area contributed by atoms with Crippen molar-refractivity contribution in [1.82, 2.24) is 14.9 Å². The van der Waals surface area contributed by atoms with Gasteiger partial charge >= 0.3 is 0 Å². The van der Waals surface area contributed by atoms with E-state index in [1.54, 1.807) is 17.0 Å². The highest BCUT2D eigenvalue weighted by Gasteiger charge is 2.44. The lowest BCUT2D eigenvalue weighted by atomic mass is 9.89. The number of nitrogen functional groups attached to an aromatic ring is 1. The van der Waals surface area contributed by atoms with E-state index in [0.29, 0.717) is 31.0 Å². The van der Waals surface area contributed by atoms with Crippen molar-refractivity contribution in [2.75, 3.05) is 29.0 Å². The molecule has 2 amide bonds. The SMILES string of the molecule is CC1CCN(c2ncnc(N)c2F)C(=O)C1N1CCCC(Nc2cccc(Cl)c2)C1=O. The van der Waals surface area contributed by atoms with Gasteiger partial charge in [0.05, 0.1) is 0 Å². The lowest BCUT2D eigenvalue weighted by Gasteiger charge is -2.44. The standard InChI is InChI=1S/C21H24ClFN6O2/c1-12-7-9-29(19-16(23)18(24)25-11-26-19)21(31)17(12)28-8-3-6-15(20(28)30)27-14-5-2-4-13(22)10-14/h2,4-5,10-12,15,17,27H,3,6-9H2,1H3,(H2,24,25,26). The van der Waals surface area contributed by atoms with Crippen LogP contribution in [0.25, 0.3) is 0 Å². The molecule has 10 heteroatoms. The molecule has 2 aliphatic rings.